The van der Waals surface area contributed by atoms with E-state index >= 15 is 0 Å². The van der Waals surface area contributed by atoms with E-state index in [2.05, 4.69) is 34.2 Å². The van der Waals surface area contributed by atoms with Crippen molar-refractivity contribution in [3.63, 3.8) is 0 Å². The van der Waals surface area contributed by atoms with Crippen LogP contribution < -0.4 is 10.1 Å². The van der Waals surface area contributed by atoms with Crippen molar-refractivity contribution in [3.05, 3.63) is 28.2 Å². The lowest BCUT2D eigenvalue weighted by molar-refractivity contribution is 0.0474. The number of rotatable bonds is 6. The molecule has 0 bridgehead atoms. The van der Waals surface area contributed by atoms with Gasteiger partial charge in [0.25, 0.3) is 0 Å². The first kappa shape index (κ1) is 16.1. The van der Waals surface area contributed by atoms with Gasteiger partial charge >= 0.3 is 0 Å². The van der Waals surface area contributed by atoms with Gasteiger partial charge in [0, 0.05) is 22.0 Å². The summed E-state index contributed by atoms with van der Waals surface area (Å²) in [6.07, 6.45) is 1.19. The molecule has 2 atom stereocenters. The Kier molecular flexibility index (Phi) is 6.68. The van der Waals surface area contributed by atoms with Crippen molar-refractivity contribution in [1.82, 2.24) is 5.32 Å². The van der Waals surface area contributed by atoms with E-state index in [1.54, 1.807) is 7.11 Å². The van der Waals surface area contributed by atoms with Crippen LogP contribution in [0.4, 0.5) is 0 Å². The van der Waals surface area contributed by atoms with Crippen LogP contribution >= 0.6 is 27.7 Å². The van der Waals surface area contributed by atoms with Gasteiger partial charge in [0.05, 0.1) is 19.8 Å². The third-order valence-corrected chi connectivity index (χ3v) is 4.95. The molecule has 0 spiro atoms. The summed E-state index contributed by atoms with van der Waals surface area (Å²) in [4.78, 5) is 0. The maximum atomic E-state index is 5.93. The van der Waals surface area contributed by atoms with Gasteiger partial charge < -0.3 is 14.8 Å². The number of nitrogens with one attached hydrogen (secondary N) is 1. The fourth-order valence-corrected chi connectivity index (χ4v) is 3.83. The molecule has 3 nitrogen and oxygen atoms in total. The van der Waals surface area contributed by atoms with E-state index < -0.39 is 0 Å². The van der Waals surface area contributed by atoms with Crippen molar-refractivity contribution in [2.45, 2.75) is 25.5 Å². The van der Waals surface area contributed by atoms with Crippen LogP contribution in [0.2, 0.25) is 0 Å². The number of hydrogen-bond donors (Lipinski definition) is 1. The normalized spacial score (nSPS) is 20.6. The van der Waals surface area contributed by atoms with E-state index in [1.165, 1.54) is 5.56 Å². The van der Waals surface area contributed by atoms with Gasteiger partial charge in [-0.15, -0.1) is 0 Å². The predicted octanol–water partition coefficient (Wildman–Crippen LogP) is 3.11. The van der Waals surface area contributed by atoms with E-state index in [0.29, 0.717) is 6.04 Å². The van der Waals surface area contributed by atoms with Crippen molar-refractivity contribution >= 4 is 27.7 Å². The molecule has 1 saturated heterocycles. The van der Waals surface area contributed by atoms with Gasteiger partial charge in [-0.3, -0.25) is 0 Å². The Labute approximate surface area is 133 Å². The van der Waals surface area contributed by atoms with Gasteiger partial charge in [0.2, 0.25) is 0 Å². The third kappa shape index (κ3) is 4.38. The highest BCUT2D eigenvalue weighted by atomic mass is 79.9. The summed E-state index contributed by atoms with van der Waals surface area (Å²) in [6.45, 7) is 3.94. The lowest BCUT2D eigenvalue weighted by Gasteiger charge is -2.31. The Bertz CT molecular complexity index is 424. The Balaban J connectivity index is 2.12. The molecule has 0 saturated carbocycles. The summed E-state index contributed by atoms with van der Waals surface area (Å²) in [5, 5.41) is 3.56. The quantitative estimate of drug-likeness (QED) is 0.845. The van der Waals surface area contributed by atoms with E-state index in [-0.39, 0.29) is 6.10 Å². The zero-order chi connectivity index (χ0) is 14.4. The summed E-state index contributed by atoms with van der Waals surface area (Å²) in [7, 11) is 1.72. The molecular weight excluding hydrogens is 338 g/mol. The van der Waals surface area contributed by atoms with Crippen molar-refractivity contribution < 1.29 is 9.47 Å². The van der Waals surface area contributed by atoms with Crippen LogP contribution in [0.3, 0.4) is 0 Å². The van der Waals surface area contributed by atoms with Crippen molar-refractivity contribution in [1.29, 1.82) is 0 Å². The highest BCUT2D eigenvalue weighted by Crippen LogP contribution is 2.26. The van der Waals surface area contributed by atoms with Crippen LogP contribution in [0.5, 0.6) is 5.75 Å². The van der Waals surface area contributed by atoms with Crippen LogP contribution in [0.25, 0.3) is 0 Å². The lowest BCUT2D eigenvalue weighted by Crippen LogP contribution is -2.46. The molecule has 1 N–H and O–H groups in total. The lowest BCUT2D eigenvalue weighted by atomic mass is 10.0. The molecule has 112 valence electrons. The summed E-state index contributed by atoms with van der Waals surface area (Å²) >= 11 is 5.51. The Morgan fingerprint density at radius 2 is 2.40 bits per heavy atom. The first-order chi connectivity index (χ1) is 9.74. The molecule has 1 heterocycles. The van der Waals surface area contributed by atoms with Gasteiger partial charge in [0.15, 0.2) is 0 Å². The van der Waals surface area contributed by atoms with Crippen molar-refractivity contribution in [2.24, 2.45) is 0 Å². The monoisotopic (exact) mass is 359 g/mol. The van der Waals surface area contributed by atoms with Crippen LogP contribution in [-0.2, 0) is 11.2 Å². The number of ether oxygens (including phenoxy) is 2. The number of benzene rings is 1. The zero-order valence-electron chi connectivity index (χ0n) is 12.0. The van der Waals surface area contributed by atoms with Crippen LogP contribution in [0, 0.1) is 0 Å². The Morgan fingerprint density at radius 3 is 3.05 bits per heavy atom. The van der Waals surface area contributed by atoms with Crippen LogP contribution in [0.15, 0.2) is 22.7 Å². The van der Waals surface area contributed by atoms with Gasteiger partial charge in [-0.1, -0.05) is 22.9 Å². The molecule has 20 heavy (non-hydrogen) atoms. The molecule has 1 aliphatic heterocycles. The topological polar surface area (TPSA) is 30.5 Å². The second kappa shape index (κ2) is 8.27. The molecule has 0 radical (unpaired) electrons. The Hall–Kier alpha value is -0.230. The van der Waals surface area contributed by atoms with Crippen LogP contribution in [-0.4, -0.2) is 43.9 Å². The average molecular weight is 360 g/mol. The maximum Gasteiger partial charge on any atom is 0.122 e. The second-order valence-corrected chi connectivity index (χ2v) is 6.87. The van der Waals surface area contributed by atoms with Crippen LogP contribution in [0.1, 0.15) is 12.5 Å². The summed E-state index contributed by atoms with van der Waals surface area (Å²) in [5.74, 6) is 3.11. The molecule has 1 aromatic carbocycles. The van der Waals surface area contributed by atoms with E-state index in [0.717, 1.165) is 41.3 Å². The molecule has 1 fully saturated rings. The first-order valence-corrected chi connectivity index (χ1v) is 8.94. The molecule has 0 amide bonds. The predicted molar refractivity (Wildman–Crippen MR) is 88.9 cm³/mol. The third-order valence-electron chi connectivity index (χ3n) is 3.44. The largest absolute Gasteiger partial charge is 0.496 e. The van der Waals surface area contributed by atoms with Gasteiger partial charge in [-0.2, -0.15) is 11.8 Å². The smallest absolute Gasteiger partial charge is 0.122 e. The molecule has 2 unspecified atom stereocenters. The number of halogens is 1. The minimum atomic E-state index is 0.275. The minimum Gasteiger partial charge on any atom is -0.496 e. The number of hydrogen-bond acceptors (Lipinski definition) is 4. The average Bonchev–Trinajstić information content (AvgIpc) is 2.48. The summed E-state index contributed by atoms with van der Waals surface area (Å²) < 4.78 is 12.5. The number of methoxy groups -OCH3 is 1. The second-order valence-electron chi connectivity index (χ2n) is 4.81. The van der Waals surface area contributed by atoms with E-state index in [4.69, 9.17) is 9.47 Å². The standard InChI is InChI=1S/C15H22BrNO2S/c1-3-17-13(15-10-20-7-6-19-15)9-11-8-12(16)4-5-14(11)18-2/h4-5,8,13,15,17H,3,6-7,9-10H2,1-2H3. The van der Waals surface area contributed by atoms with E-state index in [1.807, 2.05) is 23.9 Å². The van der Waals surface area contributed by atoms with Gasteiger partial charge in [-0.05, 0) is 36.7 Å². The number of thioether (sulfide) groups is 1. The fourth-order valence-electron chi connectivity index (χ4n) is 2.48. The van der Waals surface area contributed by atoms with Crippen molar-refractivity contribution in [3.8, 4) is 5.75 Å². The molecular formula is C15H22BrNO2S. The van der Waals surface area contributed by atoms with Gasteiger partial charge in [0.1, 0.15) is 5.75 Å². The molecule has 2 rings (SSSR count). The molecule has 0 aliphatic carbocycles. The molecule has 5 heteroatoms. The molecule has 1 aliphatic rings. The maximum absolute atomic E-state index is 5.93. The van der Waals surface area contributed by atoms with E-state index in [9.17, 15) is 0 Å². The Morgan fingerprint density at radius 1 is 1.55 bits per heavy atom. The summed E-state index contributed by atoms with van der Waals surface area (Å²) in [6, 6.07) is 6.49. The van der Waals surface area contributed by atoms with Crippen molar-refractivity contribution in [2.75, 3.05) is 31.8 Å². The highest BCUT2D eigenvalue weighted by molar-refractivity contribution is 9.10. The highest BCUT2D eigenvalue weighted by Gasteiger charge is 2.25. The molecule has 1 aromatic rings. The SMILES string of the molecule is CCNC(Cc1cc(Br)ccc1OC)C1CSCCO1. The number of likely N-dealkylation sites (N-methyl/N-ethyl adjacent to an activating group) is 1. The summed E-state index contributed by atoms with van der Waals surface area (Å²) in [5.41, 5.74) is 1.21. The first-order valence-electron chi connectivity index (χ1n) is 6.99. The minimum absolute atomic E-state index is 0.275. The fraction of sp³-hybridized carbons (Fsp3) is 0.600. The zero-order valence-corrected chi connectivity index (χ0v) is 14.4. The van der Waals surface area contributed by atoms with Gasteiger partial charge in [-0.25, -0.2) is 0 Å². The molecule has 0 aromatic heterocycles.